The number of amides is 1. The Labute approximate surface area is 128 Å². The van der Waals surface area contributed by atoms with Gasteiger partial charge in [0.25, 0.3) is 10.0 Å². The van der Waals surface area contributed by atoms with Gasteiger partial charge in [-0.15, -0.1) is 0 Å². The van der Waals surface area contributed by atoms with E-state index in [0.29, 0.717) is 11.4 Å². The Morgan fingerprint density at radius 1 is 1.09 bits per heavy atom. The van der Waals surface area contributed by atoms with Crippen LogP contribution in [0.15, 0.2) is 53.4 Å². The molecule has 2 N–H and O–H groups in total. The second-order valence-corrected chi connectivity index (χ2v) is 6.13. The van der Waals surface area contributed by atoms with E-state index >= 15 is 0 Å². The highest BCUT2D eigenvalue weighted by atomic mass is 32.2. The van der Waals surface area contributed by atoms with Crippen molar-refractivity contribution < 1.29 is 13.2 Å². The van der Waals surface area contributed by atoms with Gasteiger partial charge < -0.3 is 5.32 Å². The first kappa shape index (κ1) is 15.5. The Morgan fingerprint density at radius 2 is 1.77 bits per heavy atom. The summed E-state index contributed by atoms with van der Waals surface area (Å²) < 4.78 is 27.1. The van der Waals surface area contributed by atoms with Crippen molar-refractivity contribution in [1.29, 1.82) is 5.26 Å². The molecule has 0 atom stereocenters. The molecule has 2 rings (SSSR count). The molecule has 0 fully saturated rings. The summed E-state index contributed by atoms with van der Waals surface area (Å²) in [5.74, 6) is -0.255. The Kier molecular flexibility index (Phi) is 4.44. The number of nitrogens with one attached hydrogen (secondary N) is 2. The van der Waals surface area contributed by atoms with Crippen molar-refractivity contribution in [2.75, 3.05) is 10.0 Å². The molecular formula is C15H13N3O3S. The number of carbonyl (C=O) groups is 1. The minimum Gasteiger partial charge on any atom is -0.326 e. The van der Waals surface area contributed by atoms with E-state index in [1.165, 1.54) is 25.1 Å². The summed E-state index contributed by atoms with van der Waals surface area (Å²) in [5, 5.41) is 11.6. The van der Waals surface area contributed by atoms with Gasteiger partial charge in [0.1, 0.15) is 11.0 Å². The van der Waals surface area contributed by atoms with Crippen LogP contribution in [0.4, 0.5) is 11.4 Å². The molecule has 22 heavy (non-hydrogen) atoms. The van der Waals surface area contributed by atoms with E-state index in [9.17, 15) is 13.2 Å². The summed E-state index contributed by atoms with van der Waals surface area (Å²) in [7, 11) is -3.89. The van der Waals surface area contributed by atoms with Gasteiger partial charge in [-0.1, -0.05) is 18.2 Å². The summed E-state index contributed by atoms with van der Waals surface area (Å²) >= 11 is 0. The van der Waals surface area contributed by atoms with E-state index in [1.54, 1.807) is 30.3 Å². The number of nitriles is 1. The smallest absolute Gasteiger partial charge is 0.263 e. The molecule has 7 heteroatoms. The van der Waals surface area contributed by atoms with E-state index < -0.39 is 10.0 Å². The minimum atomic E-state index is -3.89. The maximum Gasteiger partial charge on any atom is 0.263 e. The van der Waals surface area contributed by atoms with Crippen molar-refractivity contribution in [1.82, 2.24) is 0 Å². The summed E-state index contributed by atoms with van der Waals surface area (Å²) in [6.07, 6.45) is 0. The second-order valence-electron chi connectivity index (χ2n) is 4.48. The lowest BCUT2D eigenvalue weighted by Gasteiger charge is -2.10. The quantitative estimate of drug-likeness (QED) is 0.904. The molecule has 0 aromatic heterocycles. The first-order valence-corrected chi connectivity index (χ1v) is 7.80. The largest absolute Gasteiger partial charge is 0.326 e. The molecule has 0 aliphatic rings. The molecular weight excluding hydrogens is 302 g/mol. The topological polar surface area (TPSA) is 99.1 Å². The van der Waals surface area contributed by atoms with E-state index in [-0.39, 0.29) is 16.4 Å². The maximum absolute atomic E-state index is 12.4. The Hall–Kier alpha value is -2.85. The lowest BCUT2D eigenvalue weighted by Crippen LogP contribution is -2.14. The van der Waals surface area contributed by atoms with Crippen molar-refractivity contribution in [2.45, 2.75) is 11.8 Å². The summed E-state index contributed by atoms with van der Waals surface area (Å²) in [4.78, 5) is 10.9. The summed E-state index contributed by atoms with van der Waals surface area (Å²) in [6.45, 7) is 1.36. The average Bonchev–Trinajstić information content (AvgIpc) is 2.46. The fourth-order valence-corrected chi connectivity index (χ4v) is 3.08. The minimum absolute atomic E-state index is 0.0630. The molecule has 1 amide bonds. The third kappa shape index (κ3) is 3.62. The molecule has 0 radical (unpaired) electrons. The van der Waals surface area contributed by atoms with E-state index in [4.69, 9.17) is 5.26 Å². The summed E-state index contributed by atoms with van der Waals surface area (Å²) in [5.41, 5.74) is 0.827. The van der Waals surface area contributed by atoms with Crippen LogP contribution >= 0.6 is 0 Å². The number of benzene rings is 2. The summed E-state index contributed by atoms with van der Waals surface area (Å²) in [6, 6.07) is 14.1. The molecule has 6 nitrogen and oxygen atoms in total. The fourth-order valence-electron chi connectivity index (χ4n) is 1.87. The van der Waals surface area contributed by atoms with Gasteiger partial charge in [-0.05, 0) is 30.3 Å². The van der Waals surface area contributed by atoms with Crippen molar-refractivity contribution in [3.63, 3.8) is 0 Å². The van der Waals surface area contributed by atoms with Crippen molar-refractivity contribution in [3.05, 3.63) is 54.1 Å². The number of sulfonamides is 1. The van der Waals surface area contributed by atoms with Gasteiger partial charge in [0.05, 0.1) is 11.3 Å². The van der Waals surface area contributed by atoms with Crippen LogP contribution in [0.1, 0.15) is 12.5 Å². The number of nitrogens with zero attached hydrogens (tertiary/aromatic N) is 1. The van der Waals surface area contributed by atoms with Crippen LogP contribution in [0.25, 0.3) is 0 Å². The van der Waals surface area contributed by atoms with Crippen LogP contribution in [-0.4, -0.2) is 14.3 Å². The number of carbonyl (C=O) groups excluding carboxylic acids is 1. The Bertz CT molecular complexity index is 854. The van der Waals surface area contributed by atoms with Gasteiger partial charge >= 0.3 is 0 Å². The van der Waals surface area contributed by atoms with Crippen molar-refractivity contribution >= 4 is 27.3 Å². The third-order valence-corrected chi connectivity index (χ3v) is 4.17. The lowest BCUT2D eigenvalue weighted by molar-refractivity contribution is -0.114. The number of hydrogen-bond donors (Lipinski definition) is 2. The zero-order chi connectivity index (χ0) is 16.2. The van der Waals surface area contributed by atoms with Crippen LogP contribution in [0, 0.1) is 11.3 Å². The van der Waals surface area contributed by atoms with Crippen LogP contribution in [-0.2, 0) is 14.8 Å². The highest BCUT2D eigenvalue weighted by molar-refractivity contribution is 7.92. The van der Waals surface area contributed by atoms with Gasteiger partial charge in [0.15, 0.2) is 0 Å². The first-order valence-electron chi connectivity index (χ1n) is 6.32. The lowest BCUT2D eigenvalue weighted by atomic mass is 10.2. The van der Waals surface area contributed by atoms with Crippen molar-refractivity contribution in [3.8, 4) is 6.07 Å². The van der Waals surface area contributed by atoms with Gasteiger partial charge in [0.2, 0.25) is 5.91 Å². The molecule has 2 aromatic carbocycles. The second kappa shape index (κ2) is 6.28. The monoisotopic (exact) mass is 315 g/mol. The van der Waals surface area contributed by atoms with Crippen LogP contribution in [0.5, 0.6) is 0 Å². The van der Waals surface area contributed by atoms with Gasteiger partial charge in [-0.3, -0.25) is 9.52 Å². The molecule has 0 bridgehead atoms. The van der Waals surface area contributed by atoms with E-state index in [1.807, 2.05) is 6.07 Å². The van der Waals surface area contributed by atoms with Gasteiger partial charge in [0, 0.05) is 12.6 Å². The predicted octanol–water partition coefficient (Wildman–Crippen LogP) is 2.32. The normalized spacial score (nSPS) is 10.5. The van der Waals surface area contributed by atoms with E-state index in [0.717, 1.165) is 0 Å². The van der Waals surface area contributed by atoms with Crippen LogP contribution < -0.4 is 10.0 Å². The SMILES string of the molecule is CC(=O)Nc1cccc(NS(=O)(=O)c2ccccc2C#N)c1. The molecule has 2 aromatic rings. The standard InChI is InChI=1S/C15H13N3O3S/c1-11(19)17-13-6-4-7-14(9-13)18-22(20,21)15-8-3-2-5-12(15)10-16/h2-9,18H,1H3,(H,17,19). The molecule has 0 aliphatic heterocycles. The van der Waals surface area contributed by atoms with Crippen LogP contribution in [0.2, 0.25) is 0 Å². The molecule has 0 aliphatic carbocycles. The molecule has 0 saturated heterocycles. The zero-order valence-electron chi connectivity index (χ0n) is 11.7. The third-order valence-electron chi connectivity index (χ3n) is 2.73. The Morgan fingerprint density at radius 3 is 2.45 bits per heavy atom. The predicted molar refractivity (Wildman–Crippen MR) is 82.7 cm³/mol. The molecule has 112 valence electrons. The molecule has 0 spiro atoms. The van der Waals surface area contributed by atoms with Crippen LogP contribution in [0.3, 0.4) is 0 Å². The highest BCUT2D eigenvalue weighted by Crippen LogP contribution is 2.21. The zero-order valence-corrected chi connectivity index (χ0v) is 12.5. The van der Waals surface area contributed by atoms with Gasteiger partial charge in [-0.2, -0.15) is 5.26 Å². The molecule has 0 unspecified atom stereocenters. The van der Waals surface area contributed by atoms with Gasteiger partial charge in [-0.25, -0.2) is 8.42 Å². The molecule has 0 heterocycles. The fraction of sp³-hybridized carbons (Fsp3) is 0.0667. The number of hydrogen-bond acceptors (Lipinski definition) is 4. The molecule has 0 saturated carbocycles. The highest BCUT2D eigenvalue weighted by Gasteiger charge is 2.18. The number of rotatable bonds is 4. The maximum atomic E-state index is 12.4. The first-order chi connectivity index (χ1) is 10.4. The Balaban J connectivity index is 2.33. The van der Waals surface area contributed by atoms with E-state index in [2.05, 4.69) is 10.0 Å². The average molecular weight is 315 g/mol. The van der Waals surface area contributed by atoms with Crippen molar-refractivity contribution in [2.24, 2.45) is 0 Å². The number of anilines is 2.